The molecule has 0 saturated carbocycles. The number of halogens is 1. The molecule has 6 aromatic heterocycles. The third-order valence-corrected chi connectivity index (χ3v) is 20.5. The van der Waals surface area contributed by atoms with E-state index in [0.717, 1.165) is 131 Å². The Hall–Kier alpha value is -12.0. The van der Waals surface area contributed by atoms with Crippen LogP contribution >= 0.6 is 0 Å². The van der Waals surface area contributed by atoms with Gasteiger partial charge in [-0.15, -0.1) is 0 Å². The number of nitrogens with zero attached hydrogens (tertiary/aromatic N) is 18. The number of likely N-dealkylation sites (N-methyl/N-ethyl adjacent to an activating group) is 1. The van der Waals surface area contributed by atoms with Gasteiger partial charge in [0.2, 0.25) is 17.7 Å². The summed E-state index contributed by atoms with van der Waals surface area (Å²) in [6.45, 7) is 21.2. The van der Waals surface area contributed by atoms with Gasteiger partial charge in [0.1, 0.15) is 29.1 Å². The minimum atomic E-state index is -0.271. The number of piperazine rings is 1. The van der Waals surface area contributed by atoms with Gasteiger partial charge in [0.15, 0.2) is 29.1 Å². The molecule has 2 fully saturated rings. The molecule has 0 aliphatic carbocycles. The van der Waals surface area contributed by atoms with Crippen molar-refractivity contribution < 1.29 is 23.5 Å². The molecule has 0 atom stereocenters. The second kappa shape index (κ2) is 33.3. The lowest BCUT2D eigenvalue weighted by Gasteiger charge is -2.32. The van der Waals surface area contributed by atoms with Crippen LogP contribution < -0.4 is 24.5 Å². The first-order valence-electron chi connectivity index (χ1n) is 37.0. The number of imidazole rings is 1. The van der Waals surface area contributed by atoms with Gasteiger partial charge in [-0.05, 0) is 83.0 Å². The van der Waals surface area contributed by atoms with E-state index in [-0.39, 0.29) is 50.7 Å². The van der Waals surface area contributed by atoms with Crippen molar-refractivity contribution in [3.63, 3.8) is 0 Å². The predicted octanol–water partition coefficient (Wildman–Crippen LogP) is 14.8. The van der Waals surface area contributed by atoms with Gasteiger partial charge in [-0.25, -0.2) is 48.6 Å². The largest absolute Gasteiger partial charge is 0.378 e. The van der Waals surface area contributed by atoms with Crippen LogP contribution in [0.3, 0.4) is 0 Å². The summed E-state index contributed by atoms with van der Waals surface area (Å²) < 4.78 is 25.7. The minimum Gasteiger partial charge on any atom is -0.378 e. The van der Waals surface area contributed by atoms with Crippen LogP contribution in [0.15, 0.2) is 195 Å². The Morgan fingerprint density at radius 2 is 0.845 bits per heavy atom. The van der Waals surface area contributed by atoms with E-state index in [0.29, 0.717) is 90.4 Å². The van der Waals surface area contributed by atoms with E-state index >= 15 is 0 Å². The van der Waals surface area contributed by atoms with Gasteiger partial charge in [-0.1, -0.05) is 166 Å². The van der Waals surface area contributed by atoms with Crippen molar-refractivity contribution in [2.75, 3.05) is 84.0 Å². The van der Waals surface area contributed by atoms with Crippen molar-refractivity contribution in [1.82, 2.24) is 63.9 Å². The highest BCUT2D eigenvalue weighted by Crippen LogP contribution is 2.38. The molecule has 2 saturated heterocycles. The molecule has 110 heavy (non-hydrogen) atoms. The third kappa shape index (κ3) is 16.3. The lowest BCUT2D eigenvalue weighted by atomic mass is 9.96. The number of aromatic nitrogens is 12. The molecule has 0 bridgehead atoms. The highest BCUT2D eigenvalue weighted by atomic mass is 19.1. The van der Waals surface area contributed by atoms with Crippen LogP contribution in [-0.4, -0.2) is 141 Å². The standard InChI is InChI=1S/C30H33N7O.C29H30N6O2.C26H24FN5O.2CH4/c1-21(2)25-6-4-5-7-26(25)29-31-19-23-18-28(38)36(30(23)32-29)20-22-8-10-24(11-9-22)37-13-12-27(33-37)35-16-14-34(3)15-17-35;1-20(2)24-5-3-4-6-25(24)28-30-18-22-17-27(36)34(29(22)31-28)19-21-7-9-23(10-8-21)35-12-11-26(32-35)33-13-15-37-16-14-33;1-16(2)23-20(5-4-6-21(23)27)24-29-14-19-13-22(33)32(26(19)30-24)15-17-7-9-18(10-8-17)25-28-11-12-31(25)3;;/h4-13,19,21H,14-18,20H2,1-3H3;3-12,18,20H,13-17,19H2,1-2H3;4-12,14,16H,13,15H2,1-3H3;2*1H4. The molecular formula is C87H95FN18O4. The number of anilines is 5. The van der Waals surface area contributed by atoms with Crippen LogP contribution in [0.5, 0.6) is 0 Å². The van der Waals surface area contributed by atoms with Crippen molar-refractivity contribution in [2.45, 2.75) is 113 Å². The molecule has 0 unspecified atom stereocenters. The fraction of sp³-hybridized carbons (Fsp3) is 0.310. The average molecular weight is 1480 g/mol. The molecule has 23 heteroatoms. The van der Waals surface area contributed by atoms with Gasteiger partial charge in [0, 0.05) is 146 Å². The zero-order chi connectivity index (χ0) is 74.7. The molecule has 11 heterocycles. The zero-order valence-electron chi connectivity index (χ0n) is 62.2. The number of morpholine rings is 1. The molecule has 3 amide bonds. The van der Waals surface area contributed by atoms with Crippen molar-refractivity contribution in [2.24, 2.45) is 7.05 Å². The topological polar surface area (TPSA) is 211 Å². The minimum absolute atomic E-state index is 0. The van der Waals surface area contributed by atoms with Crippen LogP contribution in [0.25, 0.3) is 56.9 Å². The average Bonchev–Trinajstić information content (AvgIpc) is 1.77. The summed E-state index contributed by atoms with van der Waals surface area (Å²) in [7, 11) is 4.11. The van der Waals surface area contributed by atoms with E-state index in [2.05, 4.69) is 124 Å². The highest BCUT2D eigenvalue weighted by Gasteiger charge is 2.34. The second-order valence-electron chi connectivity index (χ2n) is 29.0. The summed E-state index contributed by atoms with van der Waals surface area (Å²) in [6.07, 6.45) is 13.9. The van der Waals surface area contributed by atoms with Crippen LogP contribution in [0.2, 0.25) is 0 Å². The number of fused-ring (bicyclic) bond motifs is 3. The lowest BCUT2D eigenvalue weighted by molar-refractivity contribution is -0.118. The normalized spacial score (nSPS) is 14.7. The Labute approximate surface area is 642 Å². The molecular weight excluding hydrogens is 1380 g/mol. The van der Waals surface area contributed by atoms with Crippen LogP contribution in [-0.2, 0) is 65.1 Å². The molecule has 0 N–H and O–H groups in total. The number of hydrogen-bond acceptors (Lipinski definition) is 16. The molecule has 0 spiro atoms. The second-order valence-corrected chi connectivity index (χ2v) is 29.0. The summed E-state index contributed by atoms with van der Waals surface area (Å²) in [5, 5.41) is 9.55. The molecule has 17 rings (SSSR count). The number of carbonyl (C=O) groups excluding carboxylic acids is 3. The van der Waals surface area contributed by atoms with Crippen molar-refractivity contribution in [3.05, 3.63) is 251 Å². The third-order valence-electron chi connectivity index (χ3n) is 20.5. The monoisotopic (exact) mass is 1470 g/mol. The Morgan fingerprint density at radius 1 is 0.436 bits per heavy atom. The summed E-state index contributed by atoms with van der Waals surface area (Å²) in [5.41, 5.74) is 14.3. The van der Waals surface area contributed by atoms with Crippen LogP contribution in [0.4, 0.5) is 33.5 Å². The van der Waals surface area contributed by atoms with E-state index in [1.165, 1.54) is 17.2 Å². The number of hydrogen-bond donors (Lipinski definition) is 0. The van der Waals surface area contributed by atoms with Crippen molar-refractivity contribution >= 4 is 46.8 Å². The number of benzene rings is 6. The number of aryl methyl sites for hydroxylation is 1. The van der Waals surface area contributed by atoms with E-state index in [1.807, 2.05) is 145 Å². The van der Waals surface area contributed by atoms with Crippen molar-refractivity contribution in [3.8, 4) is 56.9 Å². The van der Waals surface area contributed by atoms with E-state index < -0.39 is 0 Å². The predicted molar refractivity (Wildman–Crippen MR) is 431 cm³/mol. The van der Waals surface area contributed by atoms with Gasteiger partial charge in [0.25, 0.3) is 0 Å². The Kier molecular flexibility index (Phi) is 23.1. The van der Waals surface area contributed by atoms with Gasteiger partial charge < -0.3 is 24.0 Å². The molecule has 6 aromatic carbocycles. The maximum Gasteiger partial charge on any atom is 0.233 e. The molecule has 564 valence electrons. The molecule has 0 radical (unpaired) electrons. The smallest absolute Gasteiger partial charge is 0.233 e. The summed E-state index contributed by atoms with van der Waals surface area (Å²) >= 11 is 0. The first-order chi connectivity index (χ1) is 52.4. The maximum atomic E-state index is 14.5. The first kappa shape index (κ1) is 76.3. The molecule has 5 aliphatic rings. The highest BCUT2D eigenvalue weighted by molar-refractivity contribution is 6.02. The van der Waals surface area contributed by atoms with E-state index in [9.17, 15) is 18.8 Å². The van der Waals surface area contributed by atoms with Crippen LogP contribution in [0, 0.1) is 5.82 Å². The van der Waals surface area contributed by atoms with Crippen molar-refractivity contribution in [1.29, 1.82) is 0 Å². The number of ether oxygens (including phenoxy) is 1. The van der Waals surface area contributed by atoms with Gasteiger partial charge in [-0.2, -0.15) is 10.2 Å². The Bertz CT molecular complexity index is 5250. The maximum absolute atomic E-state index is 14.5. The first-order valence-corrected chi connectivity index (χ1v) is 37.0. The van der Waals surface area contributed by atoms with E-state index in [1.54, 1.807) is 39.4 Å². The van der Waals surface area contributed by atoms with Gasteiger partial charge in [0.05, 0.1) is 63.5 Å². The summed E-state index contributed by atoms with van der Waals surface area (Å²) in [5.74, 6) is 7.12. The van der Waals surface area contributed by atoms with E-state index in [4.69, 9.17) is 29.9 Å². The van der Waals surface area contributed by atoms with Crippen LogP contribution in [0.1, 0.15) is 124 Å². The molecule has 5 aliphatic heterocycles. The number of carbonyl (C=O) groups is 3. The Balaban J connectivity index is 0.000000144. The SMILES string of the molecule is C.C.CC(C)c1c(F)cccc1-c1ncc2c(n1)N(Cc1ccc(-c3nccn3C)cc1)C(=O)C2.CC(C)c1ccccc1-c1ncc2c(n1)N(Cc1ccc(-n3ccc(N4CCN(C)CC4)n3)cc1)C(=O)C2.CC(C)c1ccccc1-c1ncc2c(n1)N(Cc1ccc(-n3ccc(N4CCOCC4)n3)cc1)C(=O)C2. The quantitative estimate of drug-likeness (QED) is 0.0829. The fourth-order valence-corrected chi connectivity index (χ4v) is 14.5. The summed E-state index contributed by atoms with van der Waals surface area (Å²) in [6, 6.07) is 49.9. The molecule has 22 nitrogen and oxygen atoms in total. The van der Waals surface area contributed by atoms with Gasteiger partial charge >= 0.3 is 0 Å². The number of amides is 3. The lowest BCUT2D eigenvalue weighted by Crippen LogP contribution is -2.44. The fourth-order valence-electron chi connectivity index (χ4n) is 14.5. The molecule has 12 aromatic rings. The Morgan fingerprint density at radius 3 is 1.26 bits per heavy atom. The zero-order valence-corrected chi connectivity index (χ0v) is 62.2. The number of rotatable bonds is 17. The van der Waals surface area contributed by atoms with Gasteiger partial charge in [-0.3, -0.25) is 29.1 Å². The summed E-state index contributed by atoms with van der Waals surface area (Å²) in [4.78, 5) is 83.4.